The Morgan fingerprint density at radius 2 is 1.32 bits per heavy atom. The minimum Gasteiger partial charge on any atom is -0.374 e. The third-order valence-electron chi connectivity index (χ3n) is 8.24. The first kappa shape index (κ1) is 32.8. The molecule has 2 aliphatic carbocycles. The maximum Gasteiger partial charge on any atom is 0.430 e. The van der Waals surface area contributed by atoms with Crippen LogP contribution in [0.4, 0.5) is 52.7 Å². The fraction of sp³-hybridized carbons (Fsp3) is 0.760. The highest BCUT2D eigenvalue weighted by Gasteiger charge is 2.74. The molecule has 3 rings (SSSR count). The number of alkyl halides is 12. The summed E-state index contributed by atoms with van der Waals surface area (Å²) >= 11 is 0. The molecule has 1 N–H and O–H groups in total. The summed E-state index contributed by atoms with van der Waals surface area (Å²) in [4.78, 5) is 0. The maximum absolute atomic E-state index is 14.1. The predicted molar refractivity (Wildman–Crippen MR) is 116 cm³/mol. The van der Waals surface area contributed by atoms with E-state index in [0.717, 1.165) is 12.1 Å². The Kier molecular flexibility index (Phi) is 8.87. The zero-order valence-electron chi connectivity index (χ0n) is 21.2. The Morgan fingerprint density at radius 3 is 1.75 bits per heavy atom. The van der Waals surface area contributed by atoms with Gasteiger partial charge in [-0.1, -0.05) is 38.1 Å². The normalized spacial score (nSPS) is 25.5. The molecule has 5 atom stereocenters. The van der Waals surface area contributed by atoms with Gasteiger partial charge in [0, 0.05) is 5.56 Å². The number of rotatable bonds is 9. The minimum atomic E-state index is -6.06. The quantitative estimate of drug-likeness (QED) is 0.228. The summed E-state index contributed by atoms with van der Waals surface area (Å²) < 4.78 is 173. The number of fused-ring (bicyclic) bond motifs is 2. The molecule has 2 aliphatic rings. The van der Waals surface area contributed by atoms with Crippen LogP contribution in [0.3, 0.4) is 0 Å². The average molecular weight is 604 g/mol. The lowest BCUT2D eigenvalue weighted by molar-refractivity contribution is -0.404. The van der Waals surface area contributed by atoms with Gasteiger partial charge in [-0.3, -0.25) is 0 Å². The second-order valence-corrected chi connectivity index (χ2v) is 10.6. The third kappa shape index (κ3) is 5.79. The minimum absolute atomic E-state index is 0.00434. The molecule has 15 heteroatoms. The van der Waals surface area contributed by atoms with Crippen LogP contribution in [0, 0.1) is 17.8 Å². The van der Waals surface area contributed by atoms with Crippen molar-refractivity contribution in [1.82, 2.24) is 0 Å². The van der Waals surface area contributed by atoms with E-state index in [4.69, 9.17) is 4.74 Å². The SMILES string of the molecule is CCC(C)c1ccc(C(OCOC2CC3CC(CC(O)(C(F)(F)F)C(F)(F)F)C2C3)(C(F)(F)F)C(F)(F)F)cc1. The Morgan fingerprint density at radius 1 is 0.800 bits per heavy atom. The lowest BCUT2D eigenvalue weighted by Crippen LogP contribution is -2.58. The molecule has 0 heterocycles. The summed E-state index contributed by atoms with van der Waals surface area (Å²) in [5.74, 6) is -3.08. The molecule has 2 bridgehead atoms. The molecule has 40 heavy (non-hydrogen) atoms. The molecule has 0 radical (unpaired) electrons. The van der Waals surface area contributed by atoms with Gasteiger partial charge in [-0.15, -0.1) is 0 Å². The Labute approximate surface area is 221 Å². The summed E-state index contributed by atoms with van der Waals surface area (Å²) in [6.07, 6.45) is -26.7. The number of aliphatic hydroxyl groups is 1. The van der Waals surface area contributed by atoms with Crippen molar-refractivity contribution in [2.24, 2.45) is 17.8 Å². The van der Waals surface area contributed by atoms with Gasteiger partial charge in [-0.2, -0.15) is 52.7 Å². The average Bonchev–Trinajstić information content (AvgIpc) is 3.38. The van der Waals surface area contributed by atoms with Gasteiger partial charge in [-0.05, 0) is 61.3 Å². The van der Waals surface area contributed by atoms with Crippen LogP contribution < -0.4 is 0 Å². The van der Waals surface area contributed by atoms with E-state index in [-0.39, 0.29) is 25.2 Å². The molecular weight excluding hydrogens is 576 g/mol. The molecule has 2 fully saturated rings. The number of halogens is 12. The highest BCUT2D eigenvalue weighted by atomic mass is 19.4. The highest BCUT2D eigenvalue weighted by molar-refractivity contribution is 5.32. The first-order chi connectivity index (χ1) is 18.1. The summed E-state index contributed by atoms with van der Waals surface area (Å²) in [7, 11) is 0. The number of ether oxygens (including phenoxy) is 2. The van der Waals surface area contributed by atoms with Gasteiger partial charge < -0.3 is 14.6 Å². The van der Waals surface area contributed by atoms with Crippen LogP contribution in [0.15, 0.2) is 24.3 Å². The molecule has 1 aromatic rings. The van der Waals surface area contributed by atoms with E-state index in [2.05, 4.69) is 4.74 Å². The number of hydrogen-bond donors (Lipinski definition) is 1. The Balaban J connectivity index is 1.81. The van der Waals surface area contributed by atoms with Gasteiger partial charge in [0.1, 0.15) is 6.79 Å². The van der Waals surface area contributed by atoms with Crippen molar-refractivity contribution >= 4 is 0 Å². The Hall–Kier alpha value is -1.74. The Bertz CT molecular complexity index is 969. The van der Waals surface area contributed by atoms with Crippen LogP contribution in [0.1, 0.15) is 63.0 Å². The fourth-order valence-corrected chi connectivity index (χ4v) is 5.85. The first-order valence-corrected chi connectivity index (χ1v) is 12.4. The maximum atomic E-state index is 14.1. The molecule has 3 nitrogen and oxygen atoms in total. The first-order valence-electron chi connectivity index (χ1n) is 12.4. The van der Waals surface area contributed by atoms with Crippen LogP contribution in [-0.2, 0) is 15.1 Å². The van der Waals surface area contributed by atoms with Crippen LogP contribution in [0.25, 0.3) is 0 Å². The standard InChI is InChI=1S/C25H28F12O3/c1-3-13(2)15-4-6-17(7-5-15)21(24(32,33)34,25(35,36)37)40-12-39-19-10-14-8-16(18(19)9-14)11-20(38,22(26,27)28)23(29,30)31/h4-7,13-14,16,18-19,38H,3,8-12H2,1-2H3. The lowest BCUT2D eigenvalue weighted by Gasteiger charge is -2.39. The molecule has 0 saturated heterocycles. The van der Waals surface area contributed by atoms with Crippen molar-refractivity contribution in [3.63, 3.8) is 0 Å². The van der Waals surface area contributed by atoms with Gasteiger partial charge in [-0.25, -0.2) is 0 Å². The van der Waals surface area contributed by atoms with Crippen LogP contribution in [0.2, 0.25) is 0 Å². The van der Waals surface area contributed by atoms with Crippen molar-refractivity contribution < 1.29 is 67.3 Å². The molecule has 0 spiro atoms. The van der Waals surface area contributed by atoms with Gasteiger partial charge in [0.2, 0.25) is 0 Å². The van der Waals surface area contributed by atoms with E-state index in [9.17, 15) is 57.8 Å². The second-order valence-electron chi connectivity index (χ2n) is 10.6. The van der Waals surface area contributed by atoms with Gasteiger partial charge in [0.05, 0.1) is 6.10 Å². The van der Waals surface area contributed by atoms with Crippen molar-refractivity contribution in [1.29, 1.82) is 0 Å². The zero-order chi connectivity index (χ0) is 30.5. The molecular formula is C25H28F12O3. The molecule has 0 aliphatic heterocycles. The topological polar surface area (TPSA) is 38.7 Å². The van der Waals surface area contributed by atoms with Crippen molar-refractivity contribution in [2.75, 3.05) is 6.79 Å². The zero-order valence-corrected chi connectivity index (χ0v) is 21.2. The van der Waals surface area contributed by atoms with E-state index < -0.39 is 78.5 Å². The number of hydrogen-bond acceptors (Lipinski definition) is 3. The predicted octanol–water partition coefficient (Wildman–Crippen LogP) is 8.17. The summed E-state index contributed by atoms with van der Waals surface area (Å²) in [5.41, 5.74) is -10.6. The summed E-state index contributed by atoms with van der Waals surface area (Å²) in [6.45, 7) is 1.92. The molecule has 0 aromatic heterocycles. The van der Waals surface area contributed by atoms with Gasteiger partial charge in [0.25, 0.3) is 11.2 Å². The van der Waals surface area contributed by atoms with Crippen LogP contribution >= 0.6 is 0 Å². The summed E-state index contributed by atoms with van der Waals surface area (Å²) in [5, 5.41) is 9.55. The smallest absolute Gasteiger partial charge is 0.374 e. The van der Waals surface area contributed by atoms with Crippen molar-refractivity contribution in [3.05, 3.63) is 35.4 Å². The van der Waals surface area contributed by atoms with Crippen LogP contribution in [0.5, 0.6) is 0 Å². The fourth-order valence-electron chi connectivity index (χ4n) is 5.85. The second kappa shape index (κ2) is 10.8. The molecule has 2 saturated carbocycles. The van der Waals surface area contributed by atoms with Crippen molar-refractivity contribution in [3.8, 4) is 0 Å². The molecule has 230 valence electrons. The monoisotopic (exact) mass is 604 g/mol. The largest absolute Gasteiger partial charge is 0.430 e. The van der Waals surface area contributed by atoms with Crippen LogP contribution in [-0.4, -0.2) is 48.3 Å². The van der Waals surface area contributed by atoms with E-state index in [0.29, 0.717) is 24.1 Å². The van der Waals surface area contributed by atoms with Gasteiger partial charge >= 0.3 is 24.7 Å². The molecule has 5 unspecified atom stereocenters. The van der Waals surface area contributed by atoms with Gasteiger partial charge in [0.15, 0.2) is 0 Å². The van der Waals surface area contributed by atoms with E-state index >= 15 is 0 Å². The van der Waals surface area contributed by atoms with E-state index in [1.54, 1.807) is 13.8 Å². The molecule has 0 amide bonds. The molecule has 1 aromatic carbocycles. The van der Waals surface area contributed by atoms with E-state index in [1.165, 1.54) is 0 Å². The third-order valence-corrected chi connectivity index (χ3v) is 8.24. The highest BCUT2D eigenvalue weighted by Crippen LogP contribution is 2.57. The van der Waals surface area contributed by atoms with Crippen molar-refractivity contribution in [2.45, 2.75) is 93.9 Å². The lowest BCUT2D eigenvalue weighted by atomic mass is 9.78. The number of benzene rings is 1. The summed E-state index contributed by atoms with van der Waals surface area (Å²) in [6, 6.07) is 3.52. The van der Waals surface area contributed by atoms with E-state index in [1.807, 2.05) is 0 Å².